The van der Waals surface area contributed by atoms with Crippen molar-refractivity contribution < 1.29 is 4.92 Å². The second-order valence-corrected chi connectivity index (χ2v) is 7.47. The molecule has 0 amide bonds. The Hall–Kier alpha value is -3.01. The molecular formula is C18H18N6O3S. The predicted octanol–water partition coefficient (Wildman–Crippen LogP) is 3.23. The number of hydrogen-bond acceptors (Lipinski definition) is 8. The van der Waals surface area contributed by atoms with Gasteiger partial charge >= 0.3 is 5.69 Å². The maximum absolute atomic E-state index is 12.9. The molecule has 0 spiro atoms. The molecule has 1 saturated carbocycles. The molecular weight excluding hydrogens is 380 g/mol. The number of nitrogens with one attached hydrogen (secondary N) is 1. The second kappa shape index (κ2) is 7.55. The third kappa shape index (κ3) is 3.68. The van der Waals surface area contributed by atoms with Gasteiger partial charge in [-0.05, 0) is 43.2 Å². The third-order valence-corrected chi connectivity index (χ3v) is 5.19. The Balaban J connectivity index is 1.75. The van der Waals surface area contributed by atoms with Gasteiger partial charge in [-0.1, -0.05) is 19.1 Å². The molecule has 2 aromatic heterocycles. The van der Waals surface area contributed by atoms with Gasteiger partial charge in [-0.25, -0.2) is 9.97 Å². The topological polar surface area (TPSA) is 116 Å². The fourth-order valence-corrected chi connectivity index (χ4v) is 3.63. The minimum atomic E-state index is -0.500. The molecule has 2 heterocycles. The average molecular weight is 398 g/mol. The number of fused-ring (bicyclic) bond motifs is 1. The molecule has 0 bridgehead atoms. The summed E-state index contributed by atoms with van der Waals surface area (Å²) < 4.78 is 1.60. The number of hydrogen-bond donors (Lipinski definition) is 1. The van der Waals surface area contributed by atoms with Crippen molar-refractivity contribution >= 4 is 34.2 Å². The largest absolute Gasteiger partial charge is 0.361 e. The molecule has 1 aliphatic carbocycles. The van der Waals surface area contributed by atoms with Gasteiger partial charge in [-0.2, -0.15) is 4.98 Å². The summed E-state index contributed by atoms with van der Waals surface area (Å²) in [6, 6.07) is 7.39. The van der Waals surface area contributed by atoms with Crippen molar-refractivity contribution in [3.05, 3.63) is 50.9 Å². The van der Waals surface area contributed by atoms with E-state index >= 15 is 0 Å². The molecule has 0 unspecified atom stereocenters. The Labute approximate surface area is 164 Å². The van der Waals surface area contributed by atoms with E-state index in [0.29, 0.717) is 27.8 Å². The quantitative estimate of drug-likeness (QED) is 0.366. The van der Waals surface area contributed by atoms with Gasteiger partial charge in [0.15, 0.2) is 10.3 Å². The monoisotopic (exact) mass is 398 g/mol. The number of nitrogens with zero attached hydrogens (tertiary/aromatic N) is 5. The standard InChI is InChI=1S/C18H18N6O3S/c1-2-9-23-16(25)12-5-3-4-6-13(12)21-18(23)28-17-19-10-14(24(26)27)15(22-17)20-11-7-8-11/h3-6,10-11H,2,7-9H2,1H3,(H,19,20,22). The first kappa shape index (κ1) is 18.4. The van der Waals surface area contributed by atoms with Crippen LogP contribution in [0.1, 0.15) is 26.2 Å². The molecule has 0 saturated heterocycles. The Morgan fingerprint density at radius 2 is 2.11 bits per heavy atom. The van der Waals surface area contributed by atoms with E-state index in [1.54, 1.807) is 16.7 Å². The van der Waals surface area contributed by atoms with E-state index < -0.39 is 4.92 Å². The molecule has 3 aromatic rings. The van der Waals surface area contributed by atoms with Crippen molar-refractivity contribution in [2.24, 2.45) is 0 Å². The smallest absolute Gasteiger partial charge is 0.329 e. The second-order valence-electron chi connectivity index (χ2n) is 6.53. The van der Waals surface area contributed by atoms with Gasteiger partial charge in [0, 0.05) is 12.6 Å². The molecule has 28 heavy (non-hydrogen) atoms. The van der Waals surface area contributed by atoms with Crippen molar-refractivity contribution in [2.75, 3.05) is 5.32 Å². The summed E-state index contributed by atoms with van der Waals surface area (Å²) in [4.78, 5) is 36.6. The predicted molar refractivity (Wildman–Crippen MR) is 106 cm³/mol. The van der Waals surface area contributed by atoms with Crippen LogP contribution in [0.2, 0.25) is 0 Å². The normalized spacial score (nSPS) is 13.6. The zero-order valence-electron chi connectivity index (χ0n) is 15.2. The molecule has 1 fully saturated rings. The van der Waals surface area contributed by atoms with E-state index in [0.717, 1.165) is 31.0 Å². The van der Waals surface area contributed by atoms with Gasteiger partial charge in [0.05, 0.1) is 15.8 Å². The summed E-state index contributed by atoms with van der Waals surface area (Å²) >= 11 is 1.13. The van der Waals surface area contributed by atoms with Crippen LogP contribution in [0.15, 0.2) is 45.6 Å². The van der Waals surface area contributed by atoms with Gasteiger partial charge in [-0.3, -0.25) is 19.5 Å². The summed E-state index contributed by atoms with van der Waals surface area (Å²) in [6.45, 7) is 2.50. The fraction of sp³-hybridized carbons (Fsp3) is 0.333. The van der Waals surface area contributed by atoms with Gasteiger partial charge in [-0.15, -0.1) is 0 Å². The van der Waals surface area contributed by atoms with Crippen LogP contribution in [0.4, 0.5) is 11.5 Å². The molecule has 144 valence electrons. The number of para-hydroxylation sites is 1. The Bertz CT molecular complexity index is 1110. The molecule has 0 aliphatic heterocycles. The maximum Gasteiger partial charge on any atom is 0.329 e. The first-order chi connectivity index (χ1) is 13.6. The van der Waals surface area contributed by atoms with Crippen molar-refractivity contribution in [1.29, 1.82) is 0 Å². The fourth-order valence-electron chi connectivity index (χ4n) is 2.80. The highest BCUT2D eigenvalue weighted by atomic mass is 32.2. The van der Waals surface area contributed by atoms with Crippen molar-refractivity contribution in [3.8, 4) is 0 Å². The molecule has 1 N–H and O–H groups in total. The van der Waals surface area contributed by atoms with Crippen LogP contribution in [0, 0.1) is 10.1 Å². The van der Waals surface area contributed by atoms with Crippen LogP contribution < -0.4 is 10.9 Å². The molecule has 1 aliphatic rings. The van der Waals surface area contributed by atoms with E-state index in [2.05, 4.69) is 20.3 Å². The van der Waals surface area contributed by atoms with Crippen LogP contribution >= 0.6 is 11.8 Å². The van der Waals surface area contributed by atoms with Gasteiger partial charge in [0.25, 0.3) is 5.56 Å². The SMILES string of the molecule is CCCn1c(Sc2ncc([N+](=O)[O-])c(NC3CC3)n2)nc2ccccc2c1=O. The average Bonchev–Trinajstić information content (AvgIpc) is 3.49. The summed E-state index contributed by atoms with van der Waals surface area (Å²) in [7, 11) is 0. The van der Waals surface area contributed by atoms with Crippen LogP contribution in [0.3, 0.4) is 0 Å². The molecule has 4 rings (SSSR count). The van der Waals surface area contributed by atoms with E-state index in [1.165, 1.54) is 6.20 Å². The number of anilines is 1. The highest BCUT2D eigenvalue weighted by Gasteiger charge is 2.27. The Morgan fingerprint density at radius 3 is 2.82 bits per heavy atom. The van der Waals surface area contributed by atoms with Crippen molar-refractivity contribution in [2.45, 2.75) is 49.1 Å². The zero-order valence-corrected chi connectivity index (χ0v) is 16.0. The number of benzene rings is 1. The lowest BCUT2D eigenvalue weighted by Crippen LogP contribution is -2.23. The lowest BCUT2D eigenvalue weighted by Gasteiger charge is -2.12. The van der Waals surface area contributed by atoms with Gasteiger partial charge in [0.1, 0.15) is 6.20 Å². The summed E-state index contributed by atoms with van der Waals surface area (Å²) in [6.07, 6.45) is 3.89. The van der Waals surface area contributed by atoms with E-state index in [9.17, 15) is 14.9 Å². The number of nitro groups is 1. The summed E-state index contributed by atoms with van der Waals surface area (Å²) in [5.74, 6) is 0.204. The van der Waals surface area contributed by atoms with E-state index in [-0.39, 0.29) is 23.1 Å². The third-order valence-electron chi connectivity index (χ3n) is 4.32. The van der Waals surface area contributed by atoms with Crippen LogP contribution in [-0.4, -0.2) is 30.5 Å². The Kier molecular flexibility index (Phi) is 4.95. The lowest BCUT2D eigenvalue weighted by molar-refractivity contribution is -0.384. The maximum atomic E-state index is 12.9. The van der Waals surface area contributed by atoms with Crippen molar-refractivity contribution in [1.82, 2.24) is 19.5 Å². The van der Waals surface area contributed by atoms with Crippen molar-refractivity contribution in [3.63, 3.8) is 0 Å². The molecule has 10 heteroatoms. The first-order valence-corrected chi connectivity index (χ1v) is 9.84. The van der Waals surface area contributed by atoms with E-state index in [1.807, 2.05) is 19.1 Å². The molecule has 0 atom stereocenters. The highest BCUT2D eigenvalue weighted by molar-refractivity contribution is 7.99. The van der Waals surface area contributed by atoms with Gasteiger partial charge in [0.2, 0.25) is 5.82 Å². The van der Waals surface area contributed by atoms with Crippen LogP contribution in [0.25, 0.3) is 10.9 Å². The minimum Gasteiger partial charge on any atom is -0.361 e. The van der Waals surface area contributed by atoms with Crippen LogP contribution in [0.5, 0.6) is 0 Å². The summed E-state index contributed by atoms with van der Waals surface area (Å²) in [5, 5.41) is 15.7. The Morgan fingerprint density at radius 1 is 1.32 bits per heavy atom. The summed E-state index contributed by atoms with van der Waals surface area (Å²) in [5.41, 5.74) is 0.322. The van der Waals surface area contributed by atoms with E-state index in [4.69, 9.17) is 0 Å². The molecule has 1 aromatic carbocycles. The number of aromatic nitrogens is 4. The molecule has 0 radical (unpaired) electrons. The minimum absolute atomic E-state index is 0.117. The molecule has 9 nitrogen and oxygen atoms in total. The van der Waals surface area contributed by atoms with Gasteiger partial charge < -0.3 is 5.32 Å². The zero-order chi connectivity index (χ0) is 19.7. The van der Waals surface area contributed by atoms with Crippen LogP contribution in [-0.2, 0) is 6.54 Å². The lowest BCUT2D eigenvalue weighted by atomic mass is 10.2. The number of rotatable bonds is 7. The first-order valence-electron chi connectivity index (χ1n) is 9.02. The highest BCUT2D eigenvalue weighted by Crippen LogP contribution is 2.32.